The van der Waals surface area contributed by atoms with Crippen molar-refractivity contribution in [2.75, 3.05) is 6.61 Å². The molecule has 0 aliphatic rings. The van der Waals surface area contributed by atoms with Gasteiger partial charge in [0.15, 0.2) is 11.5 Å². The molecule has 30 heavy (non-hydrogen) atoms. The Labute approximate surface area is 174 Å². The molecule has 156 valence electrons. The van der Waals surface area contributed by atoms with Crippen molar-refractivity contribution in [3.8, 4) is 11.3 Å². The zero-order chi connectivity index (χ0) is 21.5. The molecular weight excluding hydrogens is 402 g/mol. The SMILES string of the molecule is CC[C@H](CO)NS(=O)(=O)c1cc(-c2nn3c(C)nnc3c3ccccc23)ccc1C. The molecule has 2 heterocycles. The molecule has 2 N–H and O–H groups in total. The van der Waals surface area contributed by atoms with Crippen LogP contribution in [0.5, 0.6) is 0 Å². The molecule has 0 amide bonds. The van der Waals surface area contributed by atoms with E-state index in [0.29, 0.717) is 34.7 Å². The zero-order valence-corrected chi connectivity index (χ0v) is 17.8. The van der Waals surface area contributed by atoms with Crippen LogP contribution in [0.15, 0.2) is 47.4 Å². The van der Waals surface area contributed by atoms with Crippen molar-refractivity contribution in [2.45, 2.75) is 38.1 Å². The number of fused-ring (bicyclic) bond motifs is 3. The number of aliphatic hydroxyl groups is 1. The van der Waals surface area contributed by atoms with Gasteiger partial charge in [-0.25, -0.2) is 13.1 Å². The largest absolute Gasteiger partial charge is 0.395 e. The molecule has 2 aromatic heterocycles. The van der Waals surface area contributed by atoms with Crippen LogP contribution in [0, 0.1) is 13.8 Å². The second-order valence-electron chi connectivity index (χ2n) is 7.27. The molecule has 0 aliphatic heterocycles. The van der Waals surface area contributed by atoms with Crippen molar-refractivity contribution in [1.29, 1.82) is 0 Å². The van der Waals surface area contributed by atoms with Gasteiger partial charge in [0.1, 0.15) is 0 Å². The molecule has 4 rings (SSSR count). The Morgan fingerprint density at radius 3 is 2.53 bits per heavy atom. The molecule has 0 fully saturated rings. The number of nitrogens with zero attached hydrogens (tertiary/aromatic N) is 4. The van der Waals surface area contributed by atoms with E-state index in [1.807, 2.05) is 44.2 Å². The van der Waals surface area contributed by atoms with Gasteiger partial charge >= 0.3 is 0 Å². The van der Waals surface area contributed by atoms with Crippen molar-refractivity contribution >= 4 is 26.4 Å². The highest BCUT2D eigenvalue weighted by molar-refractivity contribution is 7.89. The predicted octanol–water partition coefficient (Wildman–Crippen LogP) is 2.61. The summed E-state index contributed by atoms with van der Waals surface area (Å²) in [5.41, 5.74) is 2.59. The first-order valence-electron chi connectivity index (χ1n) is 9.70. The minimum Gasteiger partial charge on any atom is -0.395 e. The van der Waals surface area contributed by atoms with Crippen LogP contribution < -0.4 is 4.72 Å². The van der Waals surface area contributed by atoms with Gasteiger partial charge in [-0.3, -0.25) is 0 Å². The zero-order valence-electron chi connectivity index (χ0n) is 17.0. The summed E-state index contributed by atoms with van der Waals surface area (Å²) in [6, 6.07) is 12.4. The molecule has 0 unspecified atom stereocenters. The van der Waals surface area contributed by atoms with E-state index in [9.17, 15) is 13.5 Å². The number of rotatable bonds is 6. The molecule has 4 aromatic rings. The summed E-state index contributed by atoms with van der Waals surface area (Å²) in [4.78, 5) is 0.165. The normalized spacial score (nSPS) is 13.2. The van der Waals surface area contributed by atoms with Gasteiger partial charge in [0.2, 0.25) is 10.0 Å². The Morgan fingerprint density at radius 1 is 1.10 bits per heavy atom. The Bertz CT molecular complexity index is 1340. The van der Waals surface area contributed by atoms with E-state index < -0.39 is 16.1 Å². The van der Waals surface area contributed by atoms with E-state index in [1.54, 1.807) is 23.6 Å². The summed E-state index contributed by atoms with van der Waals surface area (Å²) in [5, 5.41) is 24.2. The Balaban J connectivity index is 1.93. The van der Waals surface area contributed by atoms with Crippen LogP contribution in [0.2, 0.25) is 0 Å². The van der Waals surface area contributed by atoms with Gasteiger partial charge in [0.25, 0.3) is 0 Å². The van der Waals surface area contributed by atoms with Crippen molar-refractivity contribution in [3.63, 3.8) is 0 Å². The van der Waals surface area contributed by atoms with Crippen LogP contribution in [0.4, 0.5) is 0 Å². The number of hydrogen-bond donors (Lipinski definition) is 2. The minimum atomic E-state index is -3.81. The second kappa shape index (κ2) is 7.75. The lowest BCUT2D eigenvalue weighted by Crippen LogP contribution is -2.37. The first-order valence-corrected chi connectivity index (χ1v) is 11.2. The van der Waals surface area contributed by atoms with Crippen LogP contribution in [-0.4, -0.2) is 46.0 Å². The molecule has 0 bridgehead atoms. The fraction of sp³-hybridized carbons (Fsp3) is 0.286. The number of sulfonamides is 1. The van der Waals surface area contributed by atoms with Crippen LogP contribution in [-0.2, 0) is 10.0 Å². The quantitative estimate of drug-likeness (QED) is 0.491. The molecule has 0 aliphatic carbocycles. The van der Waals surface area contributed by atoms with E-state index in [-0.39, 0.29) is 11.5 Å². The maximum absolute atomic E-state index is 13.0. The average molecular weight is 426 g/mol. The van der Waals surface area contributed by atoms with E-state index in [2.05, 4.69) is 14.9 Å². The maximum Gasteiger partial charge on any atom is 0.241 e. The standard InChI is InChI=1S/C21H23N5O3S/c1-4-16(12-27)25-30(28,29)19-11-15(10-9-13(19)2)20-17-7-5-6-8-18(17)21-23-22-14(3)26(21)24-20/h5-11,16,25,27H,4,12H2,1-3H3/t16-/m1/s1. The number of hydrogen-bond acceptors (Lipinski definition) is 6. The number of nitrogens with one attached hydrogen (secondary N) is 1. The van der Waals surface area contributed by atoms with Crippen LogP contribution in [0.1, 0.15) is 24.7 Å². The first kappa shape index (κ1) is 20.4. The first-order chi connectivity index (χ1) is 14.4. The fourth-order valence-electron chi connectivity index (χ4n) is 3.47. The van der Waals surface area contributed by atoms with Gasteiger partial charge < -0.3 is 5.11 Å². The lowest BCUT2D eigenvalue weighted by molar-refractivity contribution is 0.254. The molecule has 9 heteroatoms. The van der Waals surface area contributed by atoms with Gasteiger partial charge in [0, 0.05) is 22.4 Å². The second-order valence-corrected chi connectivity index (χ2v) is 8.95. The third-order valence-electron chi connectivity index (χ3n) is 5.21. The van der Waals surface area contributed by atoms with E-state index in [0.717, 1.165) is 10.8 Å². The third-order valence-corrected chi connectivity index (χ3v) is 6.87. The van der Waals surface area contributed by atoms with Crippen molar-refractivity contribution in [2.24, 2.45) is 0 Å². The number of aliphatic hydroxyl groups excluding tert-OH is 1. The molecule has 1 atom stereocenters. The predicted molar refractivity (Wildman–Crippen MR) is 115 cm³/mol. The van der Waals surface area contributed by atoms with Crippen molar-refractivity contribution in [3.05, 3.63) is 53.9 Å². The minimum absolute atomic E-state index is 0.165. The lowest BCUT2D eigenvalue weighted by atomic mass is 10.0. The Morgan fingerprint density at radius 2 is 1.83 bits per heavy atom. The van der Waals surface area contributed by atoms with Gasteiger partial charge in [-0.2, -0.15) is 9.61 Å². The number of benzene rings is 2. The highest BCUT2D eigenvalue weighted by Crippen LogP contribution is 2.31. The highest BCUT2D eigenvalue weighted by Gasteiger charge is 2.22. The molecule has 0 spiro atoms. The van der Waals surface area contributed by atoms with Crippen LogP contribution in [0.25, 0.3) is 27.7 Å². The van der Waals surface area contributed by atoms with E-state index >= 15 is 0 Å². The van der Waals surface area contributed by atoms with Gasteiger partial charge in [-0.05, 0) is 31.9 Å². The van der Waals surface area contributed by atoms with Gasteiger partial charge in [-0.15, -0.1) is 10.2 Å². The topological polar surface area (TPSA) is 109 Å². The summed E-state index contributed by atoms with van der Waals surface area (Å²) in [6.07, 6.45) is 0.490. The molecular formula is C21H23N5O3S. The molecule has 0 radical (unpaired) electrons. The lowest BCUT2D eigenvalue weighted by Gasteiger charge is -2.16. The number of aromatic nitrogens is 4. The van der Waals surface area contributed by atoms with Crippen molar-refractivity contribution < 1.29 is 13.5 Å². The molecule has 0 saturated heterocycles. The fourth-order valence-corrected chi connectivity index (χ4v) is 5.05. The van der Waals surface area contributed by atoms with Crippen molar-refractivity contribution in [1.82, 2.24) is 24.5 Å². The molecule has 8 nitrogen and oxygen atoms in total. The molecule has 0 saturated carbocycles. The highest BCUT2D eigenvalue weighted by atomic mass is 32.2. The summed E-state index contributed by atoms with van der Waals surface area (Å²) in [5.74, 6) is 0.646. The van der Waals surface area contributed by atoms with E-state index in [4.69, 9.17) is 5.10 Å². The average Bonchev–Trinajstić information content (AvgIpc) is 3.12. The summed E-state index contributed by atoms with van der Waals surface area (Å²) >= 11 is 0. The summed E-state index contributed by atoms with van der Waals surface area (Å²) in [7, 11) is -3.81. The monoisotopic (exact) mass is 425 g/mol. The maximum atomic E-state index is 13.0. The smallest absolute Gasteiger partial charge is 0.241 e. The third kappa shape index (κ3) is 3.45. The van der Waals surface area contributed by atoms with Crippen LogP contribution in [0.3, 0.4) is 0 Å². The molecule has 2 aromatic carbocycles. The number of aryl methyl sites for hydroxylation is 2. The van der Waals surface area contributed by atoms with Gasteiger partial charge in [-0.1, -0.05) is 43.3 Å². The summed E-state index contributed by atoms with van der Waals surface area (Å²) < 4.78 is 30.2. The van der Waals surface area contributed by atoms with E-state index in [1.165, 1.54) is 0 Å². The van der Waals surface area contributed by atoms with Gasteiger partial charge in [0.05, 0.1) is 17.2 Å². The summed E-state index contributed by atoms with van der Waals surface area (Å²) in [6.45, 7) is 5.13. The van der Waals surface area contributed by atoms with Crippen LogP contribution >= 0.6 is 0 Å². The Hall–Kier alpha value is -2.88. The Kier molecular flexibility index (Phi) is 5.27.